The SMILES string of the molecule is CCC(=O)N1CCN(c2nc(C)cc(Nc3ccc(OC)cc3)n2)CC1. The first-order chi connectivity index (χ1) is 12.6. The van der Waals surface area contributed by atoms with E-state index in [1.54, 1.807) is 7.11 Å². The van der Waals surface area contributed by atoms with Crippen molar-refractivity contribution in [3.8, 4) is 5.75 Å². The molecule has 1 aromatic carbocycles. The number of carbonyl (C=O) groups is 1. The van der Waals surface area contributed by atoms with Gasteiger partial charge in [0.05, 0.1) is 7.11 Å². The average molecular weight is 355 g/mol. The standard InChI is InChI=1S/C19H25N5O2/c1-4-18(25)23-9-11-24(12-10-23)19-20-14(2)13-17(22-19)21-15-5-7-16(26-3)8-6-15/h5-8,13H,4,9-12H2,1-3H3,(H,20,21,22). The lowest BCUT2D eigenvalue weighted by molar-refractivity contribution is -0.131. The number of nitrogens with zero attached hydrogens (tertiary/aromatic N) is 4. The summed E-state index contributed by atoms with van der Waals surface area (Å²) in [5, 5.41) is 3.31. The van der Waals surface area contributed by atoms with Crippen molar-refractivity contribution in [3.05, 3.63) is 36.0 Å². The second kappa shape index (κ2) is 8.03. The molecule has 0 atom stereocenters. The van der Waals surface area contributed by atoms with Crippen LogP contribution < -0.4 is 15.0 Å². The molecular weight excluding hydrogens is 330 g/mol. The lowest BCUT2D eigenvalue weighted by atomic mass is 10.3. The molecule has 2 heterocycles. The van der Waals surface area contributed by atoms with E-state index in [0.29, 0.717) is 25.5 Å². The monoisotopic (exact) mass is 355 g/mol. The molecule has 1 aromatic heterocycles. The average Bonchev–Trinajstić information content (AvgIpc) is 2.67. The third kappa shape index (κ3) is 4.22. The number of carbonyl (C=O) groups excluding carboxylic acids is 1. The van der Waals surface area contributed by atoms with Crippen molar-refractivity contribution >= 4 is 23.4 Å². The highest BCUT2D eigenvalue weighted by Gasteiger charge is 2.22. The summed E-state index contributed by atoms with van der Waals surface area (Å²) in [7, 11) is 1.65. The Hall–Kier alpha value is -2.83. The maximum absolute atomic E-state index is 11.8. The fourth-order valence-corrected chi connectivity index (χ4v) is 2.96. The van der Waals surface area contributed by atoms with Gasteiger partial charge in [-0.05, 0) is 31.2 Å². The number of benzene rings is 1. The lowest BCUT2D eigenvalue weighted by Crippen LogP contribution is -2.49. The normalized spacial score (nSPS) is 14.3. The fourth-order valence-electron chi connectivity index (χ4n) is 2.96. The third-order valence-electron chi connectivity index (χ3n) is 4.42. The molecule has 138 valence electrons. The van der Waals surface area contributed by atoms with E-state index in [1.807, 2.05) is 49.1 Å². The highest BCUT2D eigenvalue weighted by atomic mass is 16.5. The Morgan fingerprint density at radius 2 is 1.85 bits per heavy atom. The first-order valence-corrected chi connectivity index (χ1v) is 8.88. The molecule has 2 aromatic rings. The quantitative estimate of drug-likeness (QED) is 0.889. The molecule has 1 aliphatic heterocycles. The van der Waals surface area contributed by atoms with Crippen molar-refractivity contribution < 1.29 is 9.53 Å². The van der Waals surface area contributed by atoms with Gasteiger partial charge in [-0.2, -0.15) is 4.98 Å². The number of ether oxygens (including phenoxy) is 1. The van der Waals surface area contributed by atoms with E-state index >= 15 is 0 Å². The molecule has 3 rings (SSSR count). The van der Waals surface area contributed by atoms with Gasteiger partial charge in [-0.25, -0.2) is 4.98 Å². The van der Waals surface area contributed by atoms with Gasteiger partial charge in [-0.3, -0.25) is 4.79 Å². The van der Waals surface area contributed by atoms with Crippen LogP contribution in [0.4, 0.5) is 17.5 Å². The molecule has 1 saturated heterocycles. The summed E-state index contributed by atoms with van der Waals surface area (Å²) in [6.07, 6.45) is 0.552. The second-order valence-electron chi connectivity index (χ2n) is 6.27. The van der Waals surface area contributed by atoms with Crippen molar-refractivity contribution in [2.45, 2.75) is 20.3 Å². The molecule has 26 heavy (non-hydrogen) atoms. The fraction of sp³-hybridized carbons (Fsp3) is 0.421. The number of hydrogen-bond donors (Lipinski definition) is 1. The Kier molecular flexibility index (Phi) is 5.55. The number of anilines is 3. The van der Waals surface area contributed by atoms with E-state index in [4.69, 9.17) is 4.74 Å². The van der Waals surface area contributed by atoms with E-state index in [-0.39, 0.29) is 5.91 Å². The van der Waals surface area contributed by atoms with Gasteiger partial charge >= 0.3 is 0 Å². The number of aromatic nitrogens is 2. The molecule has 0 radical (unpaired) electrons. The zero-order valence-corrected chi connectivity index (χ0v) is 15.5. The number of piperazine rings is 1. The molecule has 7 nitrogen and oxygen atoms in total. The van der Waals surface area contributed by atoms with Crippen LogP contribution in [-0.4, -0.2) is 54.1 Å². The Bertz CT molecular complexity index is 755. The predicted molar refractivity (Wildman–Crippen MR) is 102 cm³/mol. The minimum atomic E-state index is 0.205. The van der Waals surface area contributed by atoms with Crippen molar-refractivity contribution in [2.75, 3.05) is 43.5 Å². The number of amides is 1. The van der Waals surface area contributed by atoms with E-state index in [0.717, 1.165) is 36.0 Å². The van der Waals surface area contributed by atoms with Gasteiger partial charge in [0, 0.05) is 50.0 Å². The first-order valence-electron chi connectivity index (χ1n) is 8.88. The van der Waals surface area contributed by atoms with E-state index in [9.17, 15) is 4.79 Å². The summed E-state index contributed by atoms with van der Waals surface area (Å²) in [5.41, 5.74) is 1.84. The van der Waals surface area contributed by atoms with Crippen LogP contribution in [0.3, 0.4) is 0 Å². The summed E-state index contributed by atoms with van der Waals surface area (Å²) in [6, 6.07) is 9.63. The molecular formula is C19H25N5O2. The zero-order chi connectivity index (χ0) is 18.5. The van der Waals surface area contributed by atoms with Crippen LogP contribution in [-0.2, 0) is 4.79 Å². The van der Waals surface area contributed by atoms with Gasteiger partial charge in [0.25, 0.3) is 0 Å². The summed E-state index contributed by atoms with van der Waals surface area (Å²) >= 11 is 0. The van der Waals surface area contributed by atoms with Crippen LogP contribution >= 0.6 is 0 Å². The highest BCUT2D eigenvalue weighted by molar-refractivity contribution is 5.76. The molecule has 1 aliphatic rings. The predicted octanol–water partition coefficient (Wildman–Crippen LogP) is 2.60. The molecule has 0 bridgehead atoms. The number of nitrogens with one attached hydrogen (secondary N) is 1. The van der Waals surface area contributed by atoms with Crippen LogP contribution in [0.1, 0.15) is 19.0 Å². The smallest absolute Gasteiger partial charge is 0.227 e. The van der Waals surface area contributed by atoms with E-state index in [1.165, 1.54) is 0 Å². The van der Waals surface area contributed by atoms with Gasteiger partial charge in [0.2, 0.25) is 11.9 Å². The Morgan fingerprint density at radius 3 is 2.46 bits per heavy atom. The van der Waals surface area contributed by atoms with Gasteiger partial charge in [0.15, 0.2) is 0 Å². The van der Waals surface area contributed by atoms with E-state index < -0.39 is 0 Å². The van der Waals surface area contributed by atoms with Gasteiger partial charge in [0.1, 0.15) is 11.6 Å². The molecule has 1 fully saturated rings. The molecule has 0 aliphatic carbocycles. The molecule has 1 amide bonds. The Balaban J connectivity index is 1.70. The molecule has 0 unspecified atom stereocenters. The topological polar surface area (TPSA) is 70.6 Å². The van der Waals surface area contributed by atoms with Crippen molar-refractivity contribution in [1.29, 1.82) is 0 Å². The Labute approximate surface area is 154 Å². The van der Waals surface area contributed by atoms with Gasteiger partial charge < -0.3 is 19.9 Å². The second-order valence-corrected chi connectivity index (χ2v) is 6.27. The van der Waals surface area contributed by atoms with Crippen LogP contribution in [0.2, 0.25) is 0 Å². The summed E-state index contributed by atoms with van der Waals surface area (Å²) in [6.45, 7) is 6.78. The highest BCUT2D eigenvalue weighted by Crippen LogP contribution is 2.21. The number of aryl methyl sites for hydroxylation is 1. The number of methoxy groups -OCH3 is 1. The minimum Gasteiger partial charge on any atom is -0.497 e. The maximum atomic E-state index is 11.8. The molecule has 0 saturated carbocycles. The molecule has 7 heteroatoms. The van der Waals surface area contributed by atoms with Crippen LogP contribution in [0, 0.1) is 6.92 Å². The van der Waals surface area contributed by atoms with Crippen LogP contribution in [0.15, 0.2) is 30.3 Å². The van der Waals surface area contributed by atoms with Gasteiger partial charge in [-0.1, -0.05) is 6.92 Å². The summed E-state index contributed by atoms with van der Waals surface area (Å²) < 4.78 is 5.18. The summed E-state index contributed by atoms with van der Waals surface area (Å²) in [5.74, 6) is 2.47. The summed E-state index contributed by atoms with van der Waals surface area (Å²) in [4.78, 5) is 25.1. The van der Waals surface area contributed by atoms with Crippen molar-refractivity contribution in [3.63, 3.8) is 0 Å². The molecule has 1 N–H and O–H groups in total. The third-order valence-corrected chi connectivity index (χ3v) is 4.42. The maximum Gasteiger partial charge on any atom is 0.227 e. The minimum absolute atomic E-state index is 0.205. The number of hydrogen-bond acceptors (Lipinski definition) is 6. The van der Waals surface area contributed by atoms with E-state index in [2.05, 4.69) is 20.2 Å². The van der Waals surface area contributed by atoms with Crippen molar-refractivity contribution in [2.24, 2.45) is 0 Å². The Morgan fingerprint density at radius 1 is 1.15 bits per heavy atom. The van der Waals surface area contributed by atoms with Crippen molar-refractivity contribution in [1.82, 2.24) is 14.9 Å². The zero-order valence-electron chi connectivity index (χ0n) is 15.5. The molecule has 0 spiro atoms. The number of rotatable bonds is 5. The van der Waals surface area contributed by atoms with Crippen LogP contribution in [0.25, 0.3) is 0 Å². The van der Waals surface area contributed by atoms with Gasteiger partial charge in [-0.15, -0.1) is 0 Å². The first kappa shape index (κ1) is 18.0. The van der Waals surface area contributed by atoms with Crippen LogP contribution in [0.5, 0.6) is 5.75 Å². The lowest BCUT2D eigenvalue weighted by Gasteiger charge is -2.34. The largest absolute Gasteiger partial charge is 0.497 e.